The molecule has 0 radical (unpaired) electrons. The smallest absolute Gasteiger partial charge is 0.416 e. The number of hydrogen-bond acceptors (Lipinski definition) is 6. The van der Waals surface area contributed by atoms with Crippen LogP contribution < -0.4 is 0 Å². The molecule has 8 nitrogen and oxygen atoms in total. The van der Waals surface area contributed by atoms with E-state index in [4.69, 9.17) is 21.1 Å². The summed E-state index contributed by atoms with van der Waals surface area (Å²) in [4.78, 5) is 27.8. The fraction of sp³-hybridized carbons (Fsp3) is 0.560. The number of carbonyl (C=O) groups is 2. The van der Waals surface area contributed by atoms with E-state index in [0.29, 0.717) is 32.2 Å². The summed E-state index contributed by atoms with van der Waals surface area (Å²) in [5, 5.41) is 6.90. The molecule has 3 atom stereocenters. The van der Waals surface area contributed by atoms with Crippen LogP contribution in [-0.4, -0.2) is 63.5 Å². The van der Waals surface area contributed by atoms with E-state index < -0.39 is 23.6 Å². The van der Waals surface area contributed by atoms with E-state index in [-0.39, 0.29) is 35.3 Å². The van der Waals surface area contributed by atoms with Gasteiger partial charge in [0.1, 0.15) is 0 Å². The third-order valence-electron chi connectivity index (χ3n) is 6.81. The Morgan fingerprint density at radius 2 is 1.97 bits per heavy atom. The van der Waals surface area contributed by atoms with Gasteiger partial charge < -0.3 is 14.4 Å². The Labute approximate surface area is 219 Å². The predicted octanol–water partition coefficient (Wildman–Crippen LogP) is 5.41. The molecule has 1 aromatic carbocycles. The highest BCUT2D eigenvalue weighted by Gasteiger charge is 2.46. The Kier molecular flexibility index (Phi) is 9.12. The number of benzene rings is 1. The van der Waals surface area contributed by atoms with Crippen molar-refractivity contribution in [2.75, 3.05) is 7.11 Å². The molecule has 0 bridgehead atoms. The van der Waals surface area contributed by atoms with Crippen molar-refractivity contribution >= 4 is 24.2 Å². The van der Waals surface area contributed by atoms with Crippen molar-refractivity contribution in [1.29, 1.82) is 0 Å². The SMILES string of the molecule is CCC1CC(N(Cc2cc(Cl)cc(C(F)(F)F)c2)C(=O)OC)CC(Cc2ccn[nH]2)N1C(C)(C)OC=O. The fourth-order valence-corrected chi connectivity index (χ4v) is 5.58. The lowest BCUT2D eigenvalue weighted by Gasteiger charge is -2.53. The highest BCUT2D eigenvalue weighted by atomic mass is 35.5. The molecule has 1 aliphatic heterocycles. The average Bonchev–Trinajstić information content (AvgIpc) is 3.33. The van der Waals surface area contributed by atoms with Gasteiger partial charge in [-0.05, 0) is 62.9 Å². The molecule has 1 fully saturated rings. The van der Waals surface area contributed by atoms with E-state index in [1.54, 1.807) is 6.20 Å². The van der Waals surface area contributed by atoms with Crippen molar-refractivity contribution in [1.82, 2.24) is 20.0 Å². The first-order chi connectivity index (χ1) is 17.4. The van der Waals surface area contributed by atoms with Crippen LogP contribution in [0.1, 0.15) is 56.9 Å². The number of aromatic nitrogens is 2. The summed E-state index contributed by atoms with van der Waals surface area (Å²) < 4.78 is 50.7. The maximum atomic E-state index is 13.4. The third kappa shape index (κ3) is 6.95. The minimum atomic E-state index is -4.58. The molecule has 2 aromatic rings. The molecular weight excluding hydrogens is 513 g/mol. The molecule has 2 heterocycles. The molecule has 1 aromatic heterocycles. The van der Waals surface area contributed by atoms with Crippen LogP contribution in [0.3, 0.4) is 0 Å². The first-order valence-electron chi connectivity index (χ1n) is 12.0. The maximum Gasteiger partial charge on any atom is 0.416 e. The first kappa shape index (κ1) is 28.8. The molecular formula is C25H32ClF3N4O4. The summed E-state index contributed by atoms with van der Waals surface area (Å²) in [5.41, 5.74) is -0.703. The zero-order valence-electron chi connectivity index (χ0n) is 21.2. The minimum absolute atomic E-state index is 0.0687. The van der Waals surface area contributed by atoms with Gasteiger partial charge in [0.2, 0.25) is 0 Å². The fourth-order valence-electron chi connectivity index (χ4n) is 5.32. The normalized spacial score (nSPS) is 20.9. The number of piperidine rings is 1. The lowest BCUT2D eigenvalue weighted by Crippen LogP contribution is -2.63. The van der Waals surface area contributed by atoms with Crippen molar-refractivity contribution in [2.45, 2.75) is 83.0 Å². The van der Waals surface area contributed by atoms with Crippen LogP contribution in [0.25, 0.3) is 0 Å². The first-order valence-corrected chi connectivity index (χ1v) is 12.4. The molecule has 12 heteroatoms. The molecule has 37 heavy (non-hydrogen) atoms. The van der Waals surface area contributed by atoms with Crippen LogP contribution in [0.4, 0.5) is 18.0 Å². The summed E-state index contributed by atoms with van der Waals surface area (Å²) in [7, 11) is 1.24. The number of amides is 1. The second-order valence-corrected chi connectivity index (χ2v) is 10.1. The van der Waals surface area contributed by atoms with E-state index in [1.807, 2.05) is 26.8 Å². The molecule has 3 unspecified atom stereocenters. The topological polar surface area (TPSA) is 87.8 Å². The van der Waals surface area contributed by atoms with Crippen molar-refractivity contribution in [3.8, 4) is 0 Å². The Balaban J connectivity index is 1.98. The molecule has 0 saturated carbocycles. The Hall–Kier alpha value is -2.79. The highest BCUT2D eigenvalue weighted by molar-refractivity contribution is 6.30. The standard InChI is InChI=1S/C25H32ClF3N4O4/c1-5-20-12-21(13-22(11-19-6-7-30-31-19)33(20)24(2,3)37-15-34)32(23(35)36-4)14-16-8-17(25(27,28)29)10-18(26)9-16/h6-10,15,20-22H,5,11-14H2,1-4H3,(H,30,31). The maximum absolute atomic E-state index is 13.4. The number of nitrogens with one attached hydrogen (secondary N) is 1. The number of aromatic amines is 1. The minimum Gasteiger partial charge on any atom is -0.453 e. The number of alkyl halides is 3. The van der Waals surface area contributed by atoms with Gasteiger partial charge in [-0.3, -0.25) is 14.8 Å². The third-order valence-corrected chi connectivity index (χ3v) is 7.02. The molecule has 3 rings (SSSR count). The Morgan fingerprint density at radius 3 is 2.54 bits per heavy atom. The van der Waals surface area contributed by atoms with E-state index in [1.165, 1.54) is 18.1 Å². The largest absolute Gasteiger partial charge is 0.453 e. The number of methoxy groups -OCH3 is 1. The highest BCUT2D eigenvalue weighted by Crippen LogP contribution is 2.37. The zero-order chi connectivity index (χ0) is 27.4. The molecule has 0 aliphatic carbocycles. The number of carbonyl (C=O) groups excluding carboxylic acids is 2. The van der Waals surface area contributed by atoms with Gasteiger partial charge in [-0.25, -0.2) is 4.79 Å². The van der Waals surface area contributed by atoms with Gasteiger partial charge in [0.05, 0.1) is 12.7 Å². The van der Waals surface area contributed by atoms with Crippen molar-refractivity contribution < 1.29 is 32.2 Å². The summed E-state index contributed by atoms with van der Waals surface area (Å²) in [6, 6.07) is 4.48. The predicted molar refractivity (Wildman–Crippen MR) is 131 cm³/mol. The quantitative estimate of drug-likeness (QED) is 0.425. The number of H-pyrrole nitrogens is 1. The summed E-state index contributed by atoms with van der Waals surface area (Å²) in [6.45, 7) is 5.94. The van der Waals surface area contributed by atoms with Gasteiger partial charge in [-0.15, -0.1) is 0 Å². The summed E-state index contributed by atoms with van der Waals surface area (Å²) >= 11 is 5.99. The second kappa shape index (κ2) is 11.7. The van der Waals surface area contributed by atoms with Crippen LogP contribution in [0.2, 0.25) is 5.02 Å². The van der Waals surface area contributed by atoms with E-state index >= 15 is 0 Å². The lowest BCUT2D eigenvalue weighted by atomic mass is 9.85. The van der Waals surface area contributed by atoms with Gasteiger partial charge in [0, 0.05) is 48.0 Å². The van der Waals surface area contributed by atoms with E-state index in [0.717, 1.165) is 17.8 Å². The number of ether oxygens (including phenoxy) is 2. The molecule has 1 aliphatic rings. The van der Waals surface area contributed by atoms with Gasteiger partial charge in [-0.2, -0.15) is 18.3 Å². The second-order valence-electron chi connectivity index (χ2n) is 9.64. The summed E-state index contributed by atoms with van der Waals surface area (Å²) in [6.07, 6.45) is -1.40. The van der Waals surface area contributed by atoms with Crippen LogP contribution in [0.15, 0.2) is 30.5 Å². The van der Waals surface area contributed by atoms with Crippen LogP contribution in [0, 0.1) is 0 Å². The Morgan fingerprint density at radius 1 is 1.27 bits per heavy atom. The van der Waals surface area contributed by atoms with Gasteiger partial charge in [-0.1, -0.05) is 18.5 Å². The Bertz CT molecular complexity index is 1060. The average molecular weight is 545 g/mol. The monoisotopic (exact) mass is 544 g/mol. The van der Waals surface area contributed by atoms with E-state index in [2.05, 4.69) is 15.1 Å². The van der Waals surface area contributed by atoms with Gasteiger partial charge in [0.15, 0.2) is 5.72 Å². The molecule has 1 saturated heterocycles. The van der Waals surface area contributed by atoms with Crippen LogP contribution in [0.5, 0.6) is 0 Å². The zero-order valence-corrected chi connectivity index (χ0v) is 22.0. The molecule has 0 spiro atoms. The molecule has 1 N–H and O–H groups in total. The molecule has 1 amide bonds. The van der Waals surface area contributed by atoms with Crippen molar-refractivity contribution in [3.05, 3.63) is 52.3 Å². The number of rotatable bonds is 9. The van der Waals surface area contributed by atoms with Crippen LogP contribution >= 0.6 is 11.6 Å². The number of hydrogen-bond donors (Lipinski definition) is 1. The van der Waals surface area contributed by atoms with Gasteiger partial charge in [0.25, 0.3) is 6.47 Å². The lowest BCUT2D eigenvalue weighted by molar-refractivity contribution is -0.183. The molecule has 204 valence electrons. The van der Waals surface area contributed by atoms with Gasteiger partial charge >= 0.3 is 12.3 Å². The number of nitrogens with zero attached hydrogens (tertiary/aromatic N) is 3. The number of likely N-dealkylation sites (tertiary alicyclic amines) is 1. The summed E-state index contributed by atoms with van der Waals surface area (Å²) in [5.74, 6) is 0. The van der Waals surface area contributed by atoms with Crippen molar-refractivity contribution in [2.24, 2.45) is 0 Å². The van der Waals surface area contributed by atoms with Crippen molar-refractivity contribution in [3.63, 3.8) is 0 Å². The van der Waals surface area contributed by atoms with Crippen LogP contribution in [-0.2, 0) is 33.4 Å². The number of halogens is 4. The van der Waals surface area contributed by atoms with E-state index in [9.17, 15) is 22.8 Å².